The van der Waals surface area contributed by atoms with Gasteiger partial charge in [-0.3, -0.25) is 10.1 Å². The predicted molar refractivity (Wildman–Crippen MR) is 95.0 cm³/mol. The Kier molecular flexibility index (Phi) is 5.79. The Morgan fingerprint density at radius 1 is 1.29 bits per heavy atom. The summed E-state index contributed by atoms with van der Waals surface area (Å²) >= 11 is 2.47. The van der Waals surface area contributed by atoms with Gasteiger partial charge in [-0.05, 0) is 11.8 Å². The van der Waals surface area contributed by atoms with E-state index in [1.807, 2.05) is 6.92 Å². The second-order valence-corrected chi connectivity index (χ2v) is 7.50. The molecule has 1 amide bonds. The van der Waals surface area contributed by atoms with E-state index in [2.05, 4.69) is 30.8 Å². The SMILES string of the molecule is CCSc1nnc(NC(=O)c2cnn(-c3ccc(OC)nn3)c2C(F)(F)F)s1. The van der Waals surface area contributed by atoms with Gasteiger partial charge in [0.1, 0.15) is 0 Å². The molecule has 0 saturated heterocycles. The van der Waals surface area contributed by atoms with Crippen LogP contribution < -0.4 is 10.1 Å². The minimum absolute atomic E-state index is 0.0889. The Hall–Kier alpha value is -2.74. The summed E-state index contributed by atoms with van der Waals surface area (Å²) in [5, 5.41) is 20.9. The zero-order valence-electron chi connectivity index (χ0n) is 14.4. The van der Waals surface area contributed by atoms with Gasteiger partial charge in [-0.2, -0.15) is 18.3 Å². The number of ether oxygens (including phenoxy) is 1. The normalized spacial score (nSPS) is 11.5. The van der Waals surface area contributed by atoms with E-state index in [9.17, 15) is 18.0 Å². The first-order chi connectivity index (χ1) is 13.3. The summed E-state index contributed by atoms with van der Waals surface area (Å²) in [5.41, 5.74) is -1.96. The smallest absolute Gasteiger partial charge is 0.434 e. The van der Waals surface area contributed by atoms with Gasteiger partial charge in [-0.25, -0.2) is 4.68 Å². The molecule has 0 aliphatic carbocycles. The van der Waals surface area contributed by atoms with Crippen molar-refractivity contribution in [3.63, 3.8) is 0 Å². The Morgan fingerprint density at radius 2 is 2.07 bits per heavy atom. The molecule has 0 aliphatic heterocycles. The Labute approximate surface area is 164 Å². The number of rotatable bonds is 6. The molecule has 0 aromatic carbocycles. The average molecular weight is 431 g/mol. The van der Waals surface area contributed by atoms with Crippen molar-refractivity contribution in [3.8, 4) is 11.7 Å². The van der Waals surface area contributed by atoms with Crippen LogP contribution in [0.25, 0.3) is 5.82 Å². The van der Waals surface area contributed by atoms with Crippen LogP contribution in [0.3, 0.4) is 0 Å². The molecule has 0 aliphatic rings. The van der Waals surface area contributed by atoms with Gasteiger partial charge in [-0.15, -0.1) is 20.4 Å². The number of anilines is 1. The van der Waals surface area contributed by atoms with E-state index >= 15 is 0 Å². The highest BCUT2D eigenvalue weighted by Gasteiger charge is 2.41. The highest BCUT2D eigenvalue weighted by Crippen LogP contribution is 2.34. The quantitative estimate of drug-likeness (QED) is 0.469. The van der Waals surface area contributed by atoms with Crippen LogP contribution in [0, 0.1) is 0 Å². The number of methoxy groups -OCH3 is 1. The van der Waals surface area contributed by atoms with Crippen molar-refractivity contribution in [2.75, 3.05) is 18.2 Å². The lowest BCUT2D eigenvalue weighted by atomic mass is 10.2. The van der Waals surface area contributed by atoms with Crippen molar-refractivity contribution in [2.24, 2.45) is 0 Å². The van der Waals surface area contributed by atoms with Crippen LogP contribution in [0.5, 0.6) is 5.88 Å². The topological polar surface area (TPSA) is 108 Å². The summed E-state index contributed by atoms with van der Waals surface area (Å²) in [4.78, 5) is 12.4. The summed E-state index contributed by atoms with van der Waals surface area (Å²) in [6.45, 7) is 1.91. The van der Waals surface area contributed by atoms with E-state index in [1.54, 1.807) is 0 Å². The Bertz CT molecular complexity index is 972. The van der Waals surface area contributed by atoms with Crippen LogP contribution >= 0.6 is 23.1 Å². The number of nitrogens with one attached hydrogen (secondary N) is 1. The van der Waals surface area contributed by atoms with Gasteiger partial charge in [0.25, 0.3) is 5.91 Å². The minimum atomic E-state index is -4.87. The third-order valence-electron chi connectivity index (χ3n) is 3.23. The van der Waals surface area contributed by atoms with Crippen LogP contribution in [-0.2, 0) is 6.18 Å². The molecule has 0 spiro atoms. The Morgan fingerprint density at radius 3 is 2.68 bits per heavy atom. The minimum Gasteiger partial charge on any atom is -0.480 e. The number of alkyl halides is 3. The number of carbonyl (C=O) groups is 1. The molecule has 14 heteroatoms. The monoisotopic (exact) mass is 431 g/mol. The highest BCUT2D eigenvalue weighted by atomic mass is 32.2. The van der Waals surface area contributed by atoms with Gasteiger partial charge in [0.05, 0.1) is 18.9 Å². The standard InChI is InChI=1S/C14H12F3N7O2S2/c1-3-27-13-23-22-12(28-13)19-11(25)7-6-18-24(10(7)14(15,16)17)8-4-5-9(26-2)21-20-8/h4-6H,3H2,1-2H3,(H,19,22,25). The van der Waals surface area contributed by atoms with E-state index in [-0.39, 0.29) is 16.8 Å². The van der Waals surface area contributed by atoms with Crippen molar-refractivity contribution < 1.29 is 22.7 Å². The van der Waals surface area contributed by atoms with Crippen LogP contribution in [0.15, 0.2) is 22.7 Å². The molecule has 0 bridgehead atoms. The first-order valence-electron chi connectivity index (χ1n) is 7.64. The van der Waals surface area contributed by atoms with Crippen LogP contribution in [0.4, 0.5) is 18.3 Å². The second kappa shape index (κ2) is 8.10. The fourth-order valence-electron chi connectivity index (χ4n) is 2.10. The maximum absolute atomic E-state index is 13.6. The fourth-order valence-corrected chi connectivity index (χ4v) is 3.75. The second-order valence-electron chi connectivity index (χ2n) is 5.01. The third-order valence-corrected chi connectivity index (χ3v) is 5.08. The summed E-state index contributed by atoms with van der Waals surface area (Å²) < 4.78 is 46.8. The van der Waals surface area contributed by atoms with Crippen molar-refractivity contribution in [1.29, 1.82) is 0 Å². The number of carbonyl (C=O) groups excluding carboxylic acids is 1. The maximum Gasteiger partial charge on any atom is 0.434 e. The van der Waals surface area contributed by atoms with E-state index < -0.39 is 23.3 Å². The molecular weight excluding hydrogens is 419 g/mol. The predicted octanol–water partition coefficient (Wildman–Crippen LogP) is 2.91. The molecule has 9 nitrogen and oxygen atoms in total. The van der Waals surface area contributed by atoms with Crippen molar-refractivity contribution in [2.45, 2.75) is 17.4 Å². The summed E-state index contributed by atoms with van der Waals surface area (Å²) in [5.74, 6) is -0.357. The lowest BCUT2D eigenvalue weighted by Gasteiger charge is -2.11. The number of halogens is 3. The molecule has 3 rings (SSSR count). The molecular formula is C14H12F3N7O2S2. The number of hydrogen-bond acceptors (Lipinski definition) is 9. The number of aromatic nitrogens is 6. The van der Waals surface area contributed by atoms with Gasteiger partial charge >= 0.3 is 6.18 Å². The number of amides is 1. The number of nitrogens with zero attached hydrogens (tertiary/aromatic N) is 6. The molecule has 3 heterocycles. The lowest BCUT2D eigenvalue weighted by molar-refractivity contribution is -0.143. The van der Waals surface area contributed by atoms with Crippen molar-refractivity contribution in [1.82, 2.24) is 30.2 Å². The van der Waals surface area contributed by atoms with E-state index in [0.717, 1.165) is 23.3 Å². The van der Waals surface area contributed by atoms with Gasteiger partial charge in [0, 0.05) is 6.07 Å². The van der Waals surface area contributed by atoms with Crippen molar-refractivity contribution in [3.05, 3.63) is 29.6 Å². The number of thioether (sulfide) groups is 1. The molecule has 0 fully saturated rings. The highest BCUT2D eigenvalue weighted by molar-refractivity contribution is 8.01. The third kappa shape index (κ3) is 4.22. The lowest BCUT2D eigenvalue weighted by Crippen LogP contribution is -2.21. The molecule has 0 radical (unpaired) electrons. The van der Waals surface area contributed by atoms with E-state index in [1.165, 1.54) is 31.0 Å². The fraction of sp³-hybridized carbons (Fsp3) is 0.286. The van der Waals surface area contributed by atoms with Crippen molar-refractivity contribution >= 4 is 34.1 Å². The summed E-state index contributed by atoms with van der Waals surface area (Å²) in [6.07, 6.45) is -4.05. The van der Waals surface area contributed by atoms with Gasteiger partial charge in [0.15, 0.2) is 15.9 Å². The van der Waals surface area contributed by atoms with E-state index in [0.29, 0.717) is 9.02 Å². The van der Waals surface area contributed by atoms with E-state index in [4.69, 9.17) is 4.74 Å². The van der Waals surface area contributed by atoms with Crippen LogP contribution in [0.1, 0.15) is 23.0 Å². The van der Waals surface area contributed by atoms with Gasteiger partial charge < -0.3 is 4.74 Å². The number of hydrogen-bond donors (Lipinski definition) is 1. The molecule has 3 aromatic heterocycles. The van der Waals surface area contributed by atoms with Gasteiger partial charge in [0.2, 0.25) is 11.0 Å². The Balaban J connectivity index is 1.93. The molecule has 0 atom stereocenters. The molecule has 28 heavy (non-hydrogen) atoms. The molecule has 0 saturated carbocycles. The molecule has 0 unspecified atom stereocenters. The summed E-state index contributed by atoms with van der Waals surface area (Å²) in [6, 6.07) is 2.58. The van der Waals surface area contributed by atoms with Crippen LogP contribution in [-0.4, -0.2) is 48.9 Å². The van der Waals surface area contributed by atoms with Gasteiger partial charge in [-0.1, -0.05) is 30.0 Å². The maximum atomic E-state index is 13.6. The molecule has 148 valence electrons. The molecule has 1 N–H and O–H groups in total. The molecule has 3 aromatic rings. The first kappa shape index (κ1) is 20.0. The first-order valence-corrected chi connectivity index (χ1v) is 9.44. The summed E-state index contributed by atoms with van der Waals surface area (Å²) in [7, 11) is 1.35. The zero-order chi connectivity index (χ0) is 20.3. The largest absolute Gasteiger partial charge is 0.480 e. The zero-order valence-corrected chi connectivity index (χ0v) is 16.0. The average Bonchev–Trinajstić information content (AvgIpc) is 3.29. The van der Waals surface area contributed by atoms with Crippen LogP contribution in [0.2, 0.25) is 0 Å².